The van der Waals surface area contributed by atoms with Gasteiger partial charge in [-0.3, -0.25) is 0 Å². The molecule has 0 saturated heterocycles. The van der Waals surface area contributed by atoms with E-state index in [1.54, 1.807) is 20.8 Å². The number of halogens is 2. The van der Waals surface area contributed by atoms with Gasteiger partial charge in [0, 0.05) is 0 Å². The molecule has 0 aromatic heterocycles. The fraction of sp³-hybridized carbons (Fsp3) is 0.462. The van der Waals surface area contributed by atoms with E-state index in [1.807, 2.05) is 0 Å². The van der Waals surface area contributed by atoms with Crippen LogP contribution in [0.1, 0.15) is 31.1 Å². The summed E-state index contributed by atoms with van der Waals surface area (Å²) >= 11 is 0. The zero-order valence-electron chi connectivity index (χ0n) is 10.9. The molecule has 0 aliphatic carbocycles. The number of esters is 1. The van der Waals surface area contributed by atoms with Gasteiger partial charge in [0.15, 0.2) is 0 Å². The average molecular weight is 271 g/mol. The Hall–Kier alpha value is -1.85. The Morgan fingerprint density at radius 3 is 2.74 bits per heavy atom. The van der Waals surface area contributed by atoms with Gasteiger partial charge in [0.2, 0.25) is 0 Å². The third-order valence-electron chi connectivity index (χ3n) is 2.36. The zero-order valence-corrected chi connectivity index (χ0v) is 10.9. The monoisotopic (exact) mass is 271 g/mol. The molecule has 1 aromatic carbocycles. The van der Waals surface area contributed by atoms with Gasteiger partial charge in [0.25, 0.3) is 0 Å². The second-order valence-electron chi connectivity index (χ2n) is 5.31. The number of hydrogen-bond donors (Lipinski definition) is 1. The number of anilines is 1. The standard InChI is InChI=1S/C13H15F2NO3/c1-12(2,3)19-11(17)8-4-5-9-10(6-8)18-13(14,15)7-16-9/h4-6,16H,7H2,1-3H3. The van der Waals surface area contributed by atoms with Crippen LogP contribution in [0.3, 0.4) is 0 Å². The van der Waals surface area contributed by atoms with E-state index < -0.39 is 24.2 Å². The summed E-state index contributed by atoms with van der Waals surface area (Å²) in [5.74, 6) is -0.632. The molecule has 0 radical (unpaired) electrons. The molecule has 1 aromatic rings. The molecular weight excluding hydrogens is 256 g/mol. The molecule has 0 amide bonds. The zero-order chi connectivity index (χ0) is 14.3. The third kappa shape index (κ3) is 3.33. The summed E-state index contributed by atoms with van der Waals surface area (Å²) in [4.78, 5) is 11.8. The van der Waals surface area contributed by atoms with E-state index in [2.05, 4.69) is 10.1 Å². The van der Waals surface area contributed by atoms with Crippen LogP contribution in [-0.2, 0) is 4.74 Å². The lowest BCUT2D eigenvalue weighted by molar-refractivity contribution is -0.166. The number of carbonyl (C=O) groups excluding carboxylic acids is 1. The van der Waals surface area contributed by atoms with Gasteiger partial charge in [-0.25, -0.2) is 4.79 Å². The Balaban J connectivity index is 2.24. The molecule has 0 atom stereocenters. The van der Waals surface area contributed by atoms with Crippen molar-refractivity contribution in [2.45, 2.75) is 32.5 Å². The van der Waals surface area contributed by atoms with Gasteiger partial charge in [0.1, 0.15) is 17.9 Å². The Morgan fingerprint density at radius 2 is 2.11 bits per heavy atom. The number of hydrogen-bond acceptors (Lipinski definition) is 4. The first-order chi connectivity index (χ1) is 8.66. The highest BCUT2D eigenvalue weighted by molar-refractivity contribution is 5.91. The summed E-state index contributed by atoms with van der Waals surface area (Å²) in [7, 11) is 0. The average Bonchev–Trinajstić information content (AvgIpc) is 2.24. The molecule has 1 aliphatic rings. The van der Waals surface area contributed by atoms with Gasteiger partial charge in [-0.05, 0) is 39.0 Å². The normalized spacial score (nSPS) is 16.9. The number of rotatable bonds is 1. The van der Waals surface area contributed by atoms with E-state index in [4.69, 9.17) is 4.74 Å². The van der Waals surface area contributed by atoms with Crippen LogP contribution < -0.4 is 10.1 Å². The minimum atomic E-state index is -3.28. The topological polar surface area (TPSA) is 47.6 Å². The highest BCUT2D eigenvalue weighted by Gasteiger charge is 2.36. The number of ether oxygens (including phenoxy) is 2. The summed E-state index contributed by atoms with van der Waals surface area (Å²) in [6, 6.07) is 4.28. The smallest absolute Gasteiger partial charge is 0.415 e. The van der Waals surface area contributed by atoms with Crippen molar-refractivity contribution >= 4 is 11.7 Å². The Labute approximate surface area is 109 Å². The summed E-state index contributed by atoms with van der Waals surface area (Å²) in [6.45, 7) is 4.60. The summed E-state index contributed by atoms with van der Waals surface area (Å²) in [5.41, 5.74) is -0.0397. The lowest BCUT2D eigenvalue weighted by atomic mass is 10.1. The first-order valence-corrected chi connectivity index (χ1v) is 5.84. The van der Waals surface area contributed by atoms with Crippen molar-refractivity contribution in [1.82, 2.24) is 0 Å². The van der Waals surface area contributed by atoms with Gasteiger partial charge in [-0.1, -0.05) is 0 Å². The van der Waals surface area contributed by atoms with E-state index in [1.165, 1.54) is 18.2 Å². The minimum absolute atomic E-state index is 0.0559. The van der Waals surface area contributed by atoms with Gasteiger partial charge >= 0.3 is 12.1 Å². The molecule has 1 N–H and O–H groups in total. The summed E-state index contributed by atoms with van der Waals surface area (Å²) in [6.07, 6.45) is -3.28. The van der Waals surface area contributed by atoms with E-state index >= 15 is 0 Å². The maximum atomic E-state index is 13.1. The Morgan fingerprint density at radius 1 is 1.42 bits per heavy atom. The molecule has 4 nitrogen and oxygen atoms in total. The molecular formula is C13H15F2NO3. The number of benzene rings is 1. The van der Waals surface area contributed by atoms with Crippen LogP contribution >= 0.6 is 0 Å². The third-order valence-corrected chi connectivity index (χ3v) is 2.36. The van der Waals surface area contributed by atoms with Crippen molar-refractivity contribution in [3.05, 3.63) is 23.8 Å². The number of fused-ring (bicyclic) bond motifs is 1. The van der Waals surface area contributed by atoms with Crippen LogP contribution in [0.15, 0.2) is 18.2 Å². The van der Waals surface area contributed by atoms with E-state index in [-0.39, 0.29) is 11.3 Å². The van der Waals surface area contributed by atoms with Gasteiger partial charge in [-0.15, -0.1) is 0 Å². The fourth-order valence-electron chi connectivity index (χ4n) is 1.61. The molecule has 1 aliphatic heterocycles. The first-order valence-electron chi connectivity index (χ1n) is 5.84. The van der Waals surface area contributed by atoms with Crippen LogP contribution in [-0.4, -0.2) is 24.2 Å². The SMILES string of the molecule is CC(C)(C)OC(=O)c1ccc2c(c1)OC(F)(F)CN2. The predicted molar refractivity (Wildman–Crippen MR) is 65.7 cm³/mol. The van der Waals surface area contributed by atoms with Crippen molar-refractivity contribution < 1.29 is 23.0 Å². The summed E-state index contributed by atoms with van der Waals surface area (Å²) in [5, 5.41) is 2.54. The maximum absolute atomic E-state index is 13.1. The van der Waals surface area contributed by atoms with Crippen molar-refractivity contribution in [1.29, 1.82) is 0 Å². The van der Waals surface area contributed by atoms with Crippen molar-refractivity contribution in [2.75, 3.05) is 11.9 Å². The van der Waals surface area contributed by atoms with E-state index in [9.17, 15) is 13.6 Å². The number of carbonyl (C=O) groups is 1. The molecule has 0 fully saturated rings. The van der Waals surface area contributed by atoms with Gasteiger partial charge < -0.3 is 14.8 Å². The van der Waals surface area contributed by atoms with Crippen LogP contribution in [0.4, 0.5) is 14.5 Å². The summed E-state index contributed by atoms with van der Waals surface area (Å²) < 4.78 is 35.9. The van der Waals surface area contributed by atoms with Crippen molar-refractivity contribution in [3.8, 4) is 5.75 Å². The highest BCUT2D eigenvalue weighted by Crippen LogP contribution is 2.35. The predicted octanol–water partition coefficient (Wildman–Crippen LogP) is 3.04. The Bertz CT molecular complexity index is 509. The Kier molecular flexibility index (Phi) is 3.12. The van der Waals surface area contributed by atoms with Gasteiger partial charge in [-0.2, -0.15) is 8.78 Å². The number of alkyl halides is 2. The highest BCUT2D eigenvalue weighted by atomic mass is 19.3. The van der Waals surface area contributed by atoms with E-state index in [0.717, 1.165) is 0 Å². The van der Waals surface area contributed by atoms with Crippen LogP contribution in [0.5, 0.6) is 5.75 Å². The minimum Gasteiger partial charge on any atom is -0.456 e. The second kappa shape index (κ2) is 4.36. The van der Waals surface area contributed by atoms with Crippen LogP contribution in [0.25, 0.3) is 0 Å². The molecule has 1 heterocycles. The number of nitrogens with one attached hydrogen (secondary N) is 1. The second-order valence-corrected chi connectivity index (χ2v) is 5.31. The van der Waals surface area contributed by atoms with Gasteiger partial charge in [0.05, 0.1) is 11.3 Å². The van der Waals surface area contributed by atoms with Crippen LogP contribution in [0, 0.1) is 0 Å². The molecule has 6 heteroatoms. The molecule has 0 saturated carbocycles. The first kappa shape index (κ1) is 13.6. The molecule has 104 valence electrons. The van der Waals surface area contributed by atoms with Crippen molar-refractivity contribution in [3.63, 3.8) is 0 Å². The molecule has 0 spiro atoms. The maximum Gasteiger partial charge on any atom is 0.415 e. The molecule has 2 rings (SSSR count). The quantitative estimate of drug-likeness (QED) is 0.797. The molecule has 19 heavy (non-hydrogen) atoms. The lowest BCUT2D eigenvalue weighted by Gasteiger charge is -2.27. The van der Waals surface area contributed by atoms with Crippen molar-refractivity contribution in [2.24, 2.45) is 0 Å². The fourth-order valence-corrected chi connectivity index (χ4v) is 1.61. The molecule has 0 bridgehead atoms. The molecule has 0 unspecified atom stereocenters. The largest absolute Gasteiger partial charge is 0.456 e. The van der Waals surface area contributed by atoms with Crippen LogP contribution in [0.2, 0.25) is 0 Å². The van der Waals surface area contributed by atoms with E-state index in [0.29, 0.717) is 5.69 Å². The lowest BCUT2D eigenvalue weighted by Crippen LogP contribution is -2.37.